The molecule has 4 aliphatic heterocycles. The summed E-state index contributed by atoms with van der Waals surface area (Å²) in [6, 6.07) is 12.5. The average molecular weight is 424 g/mol. The summed E-state index contributed by atoms with van der Waals surface area (Å²) < 4.78 is 17.6. The third kappa shape index (κ3) is 4.62. The quantitative estimate of drug-likeness (QED) is 0.742. The lowest BCUT2D eigenvalue weighted by Gasteiger charge is -2.44. The molecule has 0 unspecified atom stereocenters. The maximum Gasteiger partial charge on any atom is 0.251 e. The molecule has 0 aromatic heterocycles. The van der Waals surface area contributed by atoms with Gasteiger partial charge in [-0.25, -0.2) is 0 Å². The van der Waals surface area contributed by atoms with Crippen molar-refractivity contribution in [3.63, 3.8) is 0 Å². The number of carbonyl (C=O) groups excluding carboxylic acids is 1. The van der Waals surface area contributed by atoms with Crippen molar-refractivity contribution in [3.8, 4) is 17.2 Å². The second-order valence-electron chi connectivity index (χ2n) is 8.61. The maximum atomic E-state index is 12.8. The van der Waals surface area contributed by atoms with Gasteiger partial charge in [0.1, 0.15) is 12.4 Å². The Labute approximate surface area is 181 Å². The smallest absolute Gasteiger partial charge is 0.251 e. The number of phenolic OH excluding ortho intramolecular Hbond substituents is 1. The van der Waals surface area contributed by atoms with Crippen molar-refractivity contribution in [1.82, 2.24) is 10.2 Å². The lowest BCUT2D eigenvalue weighted by atomic mass is 9.84. The van der Waals surface area contributed by atoms with Crippen molar-refractivity contribution in [3.05, 3.63) is 53.6 Å². The van der Waals surface area contributed by atoms with Gasteiger partial charge in [-0.3, -0.25) is 4.79 Å². The molecular formula is C24H28N2O5. The van der Waals surface area contributed by atoms with Crippen LogP contribution in [0.4, 0.5) is 0 Å². The van der Waals surface area contributed by atoms with E-state index in [4.69, 9.17) is 14.2 Å². The molecule has 0 aliphatic carbocycles. The highest BCUT2D eigenvalue weighted by Crippen LogP contribution is 2.33. The molecule has 2 bridgehead atoms. The highest BCUT2D eigenvalue weighted by atomic mass is 16.6. The highest BCUT2D eigenvalue weighted by Gasteiger charge is 2.35. The van der Waals surface area contributed by atoms with Crippen LogP contribution in [0.2, 0.25) is 0 Å². The van der Waals surface area contributed by atoms with Crippen molar-refractivity contribution < 1.29 is 24.1 Å². The van der Waals surface area contributed by atoms with Crippen LogP contribution in [0.1, 0.15) is 28.8 Å². The van der Waals surface area contributed by atoms with Crippen molar-refractivity contribution in [2.24, 2.45) is 5.92 Å². The monoisotopic (exact) mass is 424 g/mol. The summed E-state index contributed by atoms with van der Waals surface area (Å²) >= 11 is 0. The van der Waals surface area contributed by atoms with Crippen LogP contribution in [-0.2, 0) is 11.3 Å². The van der Waals surface area contributed by atoms with Crippen LogP contribution in [0.25, 0.3) is 0 Å². The summed E-state index contributed by atoms with van der Waals surface area (Å²) in [5.74, 6) is 2.00. The minimum absolute atomic E-state index is 0.0514. The van der Waals surface area contributed by atoms with Crippen molar-refractivity contribution >= 4 is 5.91 Å². The zero-order valence-corrected chi connectivity index (χ0v) is 17.5. The zero-order valence-electron chi connectivity index (χ0n) is 17.5. The van der Waals surface area contributed by atoms with Gasteiger partial charge in [0.25, 0.3) is 5.91 Å². The molecule has 7 heteroatoms. The number of piperidine rings is 3. The van der Waals surface area contributed by atoms with Crippen LogP contribution in [0.3, 0.4) is 0 Å². The van der Waals surface area contributed by atoms with Gasteiger partial charge in [-0.05, 0) is 67.7 Å². The second-order valence-corrected chi connectivity index (χ2v) is 8.61. The molecule has 7 nitrogen and oxygen atoms in total. The molecule has 0 radical (unpaired) electrons. The van der Waals surface area contributed by atoms with E-state index in [1.165, 1.54) is 12.8 Å². The van der Waals surface area contributed by atoms with Gasteiger partial charge in [0.2, 0.25) is 0 Å². The van der Waals surface area contributed by atoms with Gasteiger partial charge in [0.05, 0.1) is 13.2 Å². The molecule has 164 valence electrons. The van der Waals surface area contributed by atoms with E-state index in [0.29, 0.717) is 42.8 Å². The number of carbonyl (C=O) groups is 1. The molecule has 3 fully saturated rings. The molecule has 2 aromatic carbocycles. The number of nitrogens with zero attached hydrogens (tertiary/aromatic N) is 1. The lowest BCUT2D eigenvalue weighted by Crippen LogP contribution is -2.57. The number of amides is 1. The van der Waals surface area contributed by atoms with Crippen LogP contribution in [-0.4, -0.2) is 60.9 Å². The van der Waals surface area contributed by atoms with E-state index in [2.05, 4.69) is 10.2 Å². The average Bonchev–Trinajstić information content (AvgIpc) is 2.81. The van der Waals surface area contributed by atoms with E-state index in [1.807, 2.05) is 12.1 Å². The molecule has 0 spiro atoms. The van der Waals surface area contributed by atoms with Crippen LogP contribution in [0, 0.1) is 5.92 Å². The summed E-state index contributed by atoms with van der Waals surface area (Å²) in [5.41, 5.74) is 1.58. The van der Waals surface area contributed by atoms with Gasteiger partial charge in [0.15, 0.2) is 17.6 Å². The second kappa shape index (κ2) is 8.77. The normalized spacial score (nSPS) is 26.5. The Kier molecular flexibility index (Phi) is 5.70. The van der Waals surface area contributed by atoms with Crippen LogP contribution < -0.4 is 14.8 Å². The van der Waals surface area contributed by atoms with E-state index in [9.17, 15) is 9.90 Å². The van der Waals surface area contributed by atoms with Gasteiger partial charge in [-0.15, -0.1) is 0 Å². The van der Waals surface area contributed by atoms with Crippen LogP contribution in [0.5, 0.6) is 17.2 Å². The van der Waals surface area contributed by atoms with Gasteiger partial charge in [0, 0.05) is 18.2 Å². The molecule has 2 N–H and O–H groups in total. The molecule has 31 heavy (non-hydrogen) atoms. The molecule has 6 rings (SSSR count). The number of fused-ring (bicyclic) bond motifs is 4. The van der Waals surface area contributed by atoms with Gasteiger partial charge in [-0.2, -0.15) is 0 Å². The van der Waals surface area contributed by atoms with Crippen molar-refractivity contribution in [2.75, 3.05) is 32.8 Å². The summed E-state index contributed by atoms with van der Waals surface area (Å²) in [6.07, 6.45) is 2.13. The third-order valence-electron chi connectivity index (χ3n) is 6.41. The number of phenols is 1. The van der Waals surface area contributed by atoms with Crippen molar-refractivity contribution in [2.45, 2.75) is 31.6 Å². The standard InChI is InChI=1S/C24H28N2O5/c27-19-4-1-16(2-5-19)13-29-14-20-15-30-23-11-18(3-6-22(23)31-20)24(28)25-21-12-26-9-7-17(21)8-10-26/h1-6,11,17,20-21,27H,7-10,12-15H2,(H,25,28)/t20-,21-/m0/s1. The van der Waals surface area contributed by atoms with E-state index < -0.39 is 0 Å². The fourth-order valence-corrected chi connectivity index (χ4v) is 4.62. The third-order valence-corrected chi connectivity index (χ3v) is 6.41. The van der Waals surface area contributed by atoms with E-state index >= 15 is 0 Å². The number of ether oxygens (including phenoxy) is 3. The topological polar surface area (TPSA) is 80.3 Å². The van der Waals surface area contributed by atoms with Crippen LogP contribution >= 0.6 is 0 Å². The SMILES string of the molecule is O=C(N[C@H]1CN2CCC1CC2)c1ccc2c(c1)OC[C@H](COCc1ccc(O)cc1)O2. The van der Waals surface area contributed by atoms with E-state index in [0.717, 1.165) is 25.2 Å². The molecular weight excluding hydrogens is 396 g/mol. The highest BCUT2D eigenvalue weighted by molar-refractivity contribution is 5.95. The minimum Gasteiger partial charge on any atom is -0.508 e. The maximum absolute atomic E-state index is 12.8. The fourth-order valence-electron chi connectivity index (χ4n) is 4.62. The van der Waals surface area contributed by atoms with Crippen molar-refractivity contribution in [1.29, 1.82) is 0 Å². The Morgan fingerprint density at radius 2 is 1.94 bits per heavy atom. The minimum atomic E-state index is -0.212. The number of benzene rings is 2. The zero-order chi connectivity index (χ0) is 21.2. The predicted octanol–water partition coefficient (Wildman–Crippen LogP) is 2.57. The molecule has 4 aliphatic rings. The summed E-state index contributed by atoms with van der Waals surface area (Å²) in [7, 11) is 0. The van der Waals surface area contributed by atoms with Gasteiger partial charge >= 0.3 is 0 Å². The van der Waals surface area contributed by atoms with Gasteiger partial charge < -0.3 is 29.5 Å². The Morgan fingerprint density at radius 3 is 2.68 bits per heavy atom. The fraction of sp³-hybridized carbons (Fsp3) is 0.458. The van der Waals surface area contributed by atoms with E-state index in [-0.39, 0.29) is 23.8 Å². The number of hydrogen-bond acceptors (Lipinski definition) is 6. The first-order valence-electron chi connectivity index (χ1n) is 11.0. The molecule has 1 amide bonds. The largest absolute Gasteiger partial charge is 0.508 e. The molecule has 2 aromatic rings. The Morgan fingerprint density at radius 1 is 1.13 bits per heavy atom. The summed E-state index contributed by atoms with van der Waals surface area (Å²) in [4.78, 5) is 15.2. The molecule has 4 heterocycles. The number of nitrogens with one attached hydrogen (secondary N) is 1. The number of hydrogen-bond donors (Lipinski definition) is 2. The molecule has 0 saturated carbocycles. The van der Waals surface area contributed by atoms with E-state index in [1.54, 1.807) is 30.3 Å². The Hall–Kier alpha value is -2.77. The molecule has 3 saturated heterocycles. The van der Waals surface area contributed by atoms with Crippen LogP contribution in [0.15, 0.2) is 42.5 Å². The first-order chi connectivity index (χ1) is 15.1. The summed E-state index contributed by atoms with van der Waals surface area (Å²) in [6.45, 7) is 4.45. The lowest BCUT2D eigenvalue weighted by molar-refractivity contribution is 0.00266. The number of rotatable bonds is 6. The first kappa shape index (κ1) is 20.2. The Balaban J connectivity index is 1.14. The van der Waals surface area contributed by atoms with Gasteiger partial charge in [-0.1, -0.05) is 12.1 Å². The molecule has 2 atom stereocenters. The first-order valence-corrected chi connectivity index (χ1v) is 11.0. The number of aromatic hydroxyl groups is 1. The Bertz CT molecular complexity index is 924. The predicted molar refractivity (Wildman–Crippen MR) is 115 cm³/mol. The summed E-state index contributed by atoms with van der Waals surface area (Å²) in [5, 5.41) is 12.6.